The molecule has 0 amide bonds. The highest BCUT2D eigenvalue weighted by Crippen LogP contribution is 2.29. The van der Waals surface area contributed by atoms with E-state index in [9.17, 15) is 4.39 Å². The maximum absolute atomic E-state index is 13.4. The van der Waals surface area contributed by atoms with E-state index in [1.807, 2.05) is 0 Å². The summed E-state index contributed by atoms with van der Waals surface area (Å²) in [4.78, 5) is 0. The maximum atomic E-state index is 13.4. The Balaban J connectivity index is 1.81. The number of nitrogens with one attached hydrogen (secondary N) is 1. The van der Waals surface area contributed by atoms with Crippen LogP contribution in [0.3, 0.4) is 0 Å². The van der Waals surface area contributed by atoms with Crippen molar-refractivity contribution in [2.45, 2.75) is 38.3 Å². The number of ether oxygens (including phenoxy) is 1. The van der Waals surface area contributed by atoms with E-state index >= 15 is 0 Å². The summed E-state index contributed by atoms with van der Waals surface area (Å²) in [5.41, 5.74) is 0. The van der Waals surface area contributed by atoms with Gasteiger partial charge >= 0.3 is 0 Å². The van der Waals surface area contributed by atoms with Gasteiger partial charge in [-0.2, -0.15) is 0 Å². The van der Waals surface area contributed by atoms with Crippen molar-refractivity contribution in [2.24, 2.45) is 0 Å². The van der Waals surface area contributed by atoms with Crippen molar-refractivity contribution in [2.75, 3.05) is 6.54 Å². The molecule has 0 aromatic heterocycles. The Morgan fingerprint density at radius 3 is 2.94 bits per heavy atom. The molecule has 0 heterocycles. The largest absolute Gasteiger partial charge is 0.487 e. The van der Waals surface area contributed by atoms with Crippen molar-refractivity contribution < 1.29 is 9.13 Å². The van der Waals surface area contributed by atoms with E-state index in [4.69, 9.17) is 4.74 Å². The Hall–Kier alpha value is -0.610. The molecule has 0 radical (unpaired) electrons. The summed E-state index contributed by atoms with van der Waals surface area (Å²) in [5.74, 6) is 0.0523. The molecule has 1 fully saturated rings. The van der Waals surface area contributed by atoms with Crippen LogP contribution in [0.2, 0.25) is 0 Å². The molecule has 17 heavy (non-hydrogen) atoms. The van der Waals surface area contributed by atoms with E-state index in [1.54, 1.807) is 12.1 Å². The Kier molecular flexibility index (Phi) is 4.40. The van der Waals surface area contributed by atoms with Gasteiger partial charge in [-0.3, -0.25) is 0 Å². The van der Waals surface area contributed by atoms with Crippen LogP contribution in [0.15, 0.2) is 22.7 Å². The fourth-order valence-corrected chi connectivity index (χ4v) is 2.26. The third-order valence-electron chi connectivity index (χ3n) is 2.96. The number of rotatable bonds is 5. The number of halogens is 2. The third-order valence-corrected chi connectivity index (χ3v) is 3.46. The van der Waals surface area contributed by atoms with Gasteiger partial charge in [0.2, 0.25) is 0 Å². The first-order valence-corrected chi connectivity index (χ1v) is 6.83. The van der Waals surface area contributed by atoms with E-state index < -0.39 is 0 Å². The molecule has 0 atom stereocenters. The van der Waals surface area contributed by atoms with Crippen LogP contribution in [0.5, 0.6) is 5.75 Å². The molecule has 0 bridgehead atoms. The zero-order chi connectivity index (χ0) is 12.3. The normalized spacial score (nSPS) is 23.2. The van der Waals surface area contributed by atoms with Gasteiger partial charge in [0.05, 0.1) is 0 Å². The summed E-state index contributed by atoms with van der Waals surface area (Å²) in [6, 6.07) is 5.32. The molecular formula is C13H17BrFNO. The van der Waals surface area contributed by atoms with E-state index in [-0.39, 0.29) is 11.9 Å². The van der Waals surface area contributed by atoms with E-state index in [0.717, 1.165) is 30.3 Å². The summed E-state index contributed by atoms with van der Waals surface area (Å²) < 4.78 is 19.9. The molecule has 1 aromatic rings. The summed E-state index contributed by atoms with van der Waals surface area (Å²) in [5, 5.41) is 3.43. The predicted molar refractivity (Wildman–Crippen MR) is 69.8 cm³/mol. The molecule has 2 rings (SSSR count). The van der Waals surface area contributed by atoms with Crippen molar-refractivity contribution in [3.8, 4) is 5.75 Å². The second-order valence-corrected chi connectivity index (χ2v) is 5.35. The van der Waals surface area contributed by atoms with Crippen molar-refractivity contribution >= 4 is 15.9 Å². The molecular weight excluding hydrogens is 285 g/mol. The molecule has 0 saturated heterocycles. The first-order valence-electron chi connectivity index (χ1n) is 6.04. The zero-order valence-electron chi connectivity index (χ0n) is 9.88. The topological polar surface area (TPSA) is 21.3 Å². The smallest absolute Gasteiger partial charge is 0.165 e. The van der Waals surface area contributed by atoms with Gasteiger partial charge in [0, 0.05) is 10.5 Å². The zero-order valence-corrected chi connectivity index (χ0v) is 11.5. The van der Waals surface area contributed by atoms with Gasteiger partial charge in [-0.05, 0) is 44.0 Å². The Labute approximate surface area is 110 Å². The van der Waals surface area contributed by atoms with Gasteiger partial charge in [-0.25, -0.2) is 4.39 Å². The van der Waals surface area contributed by atoms with Crippen LogP contribution in [0, 0.1) is 5.82 Å². The lowest BCUT2D eigenvalue weighted by Gasteiger charge is -2.36. The van der Waals surface area contributed by atoms with Gasteiger partial charge in [0.1, 0.15) is 6.10 Å². The molecule has 0 aliphatic heterocycles. The summed E-state index contributed by atoms with van der Waals surface area (Å²) >= 11 is 3.31. The van der Waals surface area contributed by atoms with Crippen molar-refractivity contribution in [1.82, 2.24) is 5.32 Å². The molecule has 4 heteroatoms. The average molecular weight is 302 g/mol. The SMILES string of the molecule is CCCNC1CC(Oc2cc(Br)ccc2F)C1. The van der Waals surface area contributed by atoms with Gasteiger partial charge in [0.25, 0.3) is 0 Å². The average Bonchev–Trinajstić information content (AvgIpc) is 2.26. The maximum Gasteiger partial charge on any atom is 0.165 e. The van der Waals surface area contributed by atoms with Crippen LogP contribution in [-0.4, -0.2) is 18.7 Å². The molecule has 1 aromatic carbocycles. The first kappa shape index (κ1) is 12.8. The van der Waals surface area contributed by atoms with Gasteiger partial charge in [-0.15, -0.1) is 0 Å². The summed E-state index contributed by atoms with van der Waals surface area (Å²) in [6.45, 7) is 3.19. The van der Waals surface area contributed by atoms with Gasteiger partial charge in [-0.1, -0.05) is 22.9 Å². The summed E-state index contributed by atoms with van der Waals surface area (Å²) in [6.07, 6.45) is 3.22. The first-order chi connectivity index (χ1) is 8.19. The lowest BCUT2D eigenvalue weighted by atomic mass is 9.89. The van der Waals surface area contributed by atoms with Gasteiger partial charge < -0.3 is 10.1 Å². The monoisotopic (exact) mass is 301 g/mol. The molecule has 0 unspecified atom stereocenters. The molecule has 1 aliphatic rings. The Morgan fingerprint density at radius 2 is 2.24 bits per heavy atom. The van der Waals surface area contributed by atoms with Crippen LogP contribution in [0.1, 0.15) is 26.2 Å². The fourth-order valence-electron chi connectivity index (χ4n) is 1.92. The quantitative estimate of drug-likeness (QED) is 0.899. The van der Waals surface area contributed by atoms with Crippen molar-refractivity contribution in [3.63, 3.8) is 0 Å². The number of hydrogen-bond donors (Lipinski definition) is 1. The van der Waals surface area contributed by atoms with E-state index in [1.165, 1.54) is 6.07 Å². The van der Waals surface area contributed by atoms with Crippen LogP contribution in [0.25, 0.3) is 0 Å². The minimum atomic E-state index is -0.293. The lowest BCUT2D eigenvalue weighted by molar-refractivity contribution is 0.0812. The Morgan fingerprint density at radius 1 is 1.47 bits per heavy atom. The minimum absolute atomic E-state index is 0.146. The van der Waals surface area contributed by atoms with Crippen molar-refractivity contribution in [1.29, 1.82) is 0 Å². The fraction of sp³-hybridized carbons (Fsp3) is 0.538. The second kappa shape index (κ2) is 5.83. The second-order valence-electron chi connectivity index (χ2n) is 4.44. The molecule has 1 N–H and O–H groups in total. The standard InChI is InChI=1S/C13H17BrFNO/c1-2-5-16-10-7-11(8-10)17-13-6-9(14)3-4-12(13)15/h3-4,6,10-11,16H,2,5,7-8H2,1H3. The molecule has 2 nitrogen and oxygen atoms in total. The Bertz CT molecular complexity index is 380. The highest BCUT2D eigenvalue weighted by Gasteiger charge is 2.30. The summed E-state index contributed by atoms with van der Waals surface area (Å²) in [7, 11) is 0. The van der Waals surface area contributed by atoms with E-state index in [0.29, 0.717) is 11.8 Å². The van der Waals surface area contributed by atoms with Crippen LogP contribution in [-0.2, 0) is 0 Å². The number of benzene rings is 1. The molecule has 1 aliphatic carbocycles. The molecule has 1 saturated carbocycles. The number of hydrogen-bond acceptors (Lipinski definition) is 2. The van der Waals surface area contributed by atoms with Crippen LogP contribution >= 0.6 is 15.9 Å². The lowest BCUT2D eigenvalue weighted by Crippen LogP contribution is -2.47. The predicted octanol–water partition coefficient (Wildman–Crippen LogP) is 3.50. The third kappa shape index (κ3) is 3.42. The van der Waals surface area contributed by atoms with Gasteiger partial charge in [0.15, 0.2) is 11.6 Å². The highest BCUT2D eigenvalue weighted by molar-refractivity contribution is 9.10. The molecule has 0 spiro atoms. The van der Waals surface area contributed by atoms with Crippen LogP contribution < -0.4 is 10.1 Å². The van der Waals surface area contributed by atoms with Crippen molar-refractivity contribution in [3.05, 3.63) is 28.5 Å². The minimum Gasteiger partial charge on any atom is -0.487 e. The molecule has 94 valence electrons. The van der Waals surface area contributed by atoms with E-state index in [2.05, 4.69) is 28.2 Å². The van der Waals surface area contributed by atoms with Crippen LogP contribution in [0.4, 0.5) is 4.39 Å². The highest BCUT2D eigenvalue weighted by atomic mass is 79.9.